The molecule has 3 fully saturated rings. The van der Waals surface area contributed by atoms with E-state index in [4.69, 9.17) is 36.0 Å². The Morgan fingerprint density at radius 3 is 1.24 bits per heavy atom. The smallest absolute Gasteiger partial charge is 0.870 e. The van der Waals surface area contributed by atoms with Crippen LogP contribution in [-0.2, 0) is 16.0 Å². The van der Waals surface area contributed by atoms with E-state index in [-0.39, 0.29) is 89.4 Å². The van der Waals surface area contributed by atoms with E-state index in [1.807, 2.05) is 125 Å². The fourth-order valence-corrected chi connectivity index (χ4v) is 17.0. The number of aromatic nitrogens is 7. The number of halogens is 5. The Hall–Kier alpha value is -7.89. The summed E-state index contributed by atoms with van der Waals surface area (Å²) in [6.45, 7) is 49.3. The van der Waals surface area contributed by atoms with Gasteiger partial charge in [0, 0.05) is 194 Å². The second-order valence-electron chi connectivity index (χ2n) is 31.7. The first-order valence-electron chi connectivity index (χ1n) is 40.8. The van der Waals surface area contributed by atoms with E-state index in [0.29, 0.717) is 59.6 Å². The second-order valence-corrected chi connectivity index (χ2v) is 32.8. The number of aromatic carboxylic acids is 1. The van der Waals surface area contributed by atoms with E-state index < -0.39 is 25.8 Å². The third-order valence-corrected chi connectivity index (χ3v) is 23.1. The molecule has 25 nitrogen and oxygen atoms in total. The van der Waals surface area contributed by atoms with E-state index >= 15 is 0 Å². The monoisotopic (exact) mass is 1760 g/mol. The van der Waals surface area contributed by atoms with Crippen LogP contribution in [0.3, 0.4) is 0 Å². The SMILES string of the molecule is CCN1CCN(C(C)c2c(C)c(C(=O)O)cc3c(-c4cc(C)nc(C)c4)ccn23)CC1.CCN1CCN(C(C)c2c(C)c(C(=O)OC(C)C)cc3c(-c4cc(C)nc(C)c4)ccn23)CC1.COc1cc(C)[nH]c(=O)c1CNCl.Cc1c(C(=O)OC(C)C)cc2c(Br)ccn2c1C(C)N1CCN(CC(F)(F)F)CC1.Cc1cc(B(O)O)cc(C)n1.[Na+].[OH-]. The first-order chi connectivity index (χ1) is 56.2. The van der Waals surface area contributed by atoms with E-state index in [0.717, 1.165) is 182 Å². The van der Waals surface area contributed by atoms with Crippen molar-refractivity contribution in [3.8, 4) is 28.0 Å². The normalized spacial score (nSPS) is 15.2. The van der Waals surface area contributed by atoms with E-state index in [9.17, 15) is 37.5 Å². The van der Waals surface area contributed by atoms with Gasteiger partial charge in [0.25, 0.3) is 5.56 Å². The van der Waals surface area contributed by atoms with E-state index in [2.05, 4.69) is 157 Å². The number of pyridine rings is 7. The molecule has 3 aliphatic rings. The summed E-state index contributed by atoms with van der Waals surface area (Å²) in [6.07, 6.45) is 1.60. The zero-order chi connectivity index (χ0) is 87.3. The minimum absolute atomic E-state index is 0. The summed E-state index contributed by atoms with van der Waals surface area (Å²) in [4.78, 5) is 81.1. The molecule has 0 spiro atoms. The van der Waals surface area contributed by atoms with Gasteiger partial charge in [-0.2, -0.15) is 13.2 Å². The number of aryl methyl sites for hydroxylation is 7. The van der Waals surface area contributed by atoms with Crippen molar-refractivity contribution in [3.05, 3.63) is 208 Å². The molecular formula is C89H119BBrClF3N14NaO11. The molecule has 13 heterocycles. The van der Waals surface area contributed by atoms with Crippen LogP contribution in [0.25, 0.3) is 38.8 Å². The van der Waals surface area contributed by atoms with Crippen LogP contribution in [0.1, 0.15) is 191 Å². The minimum atomic E-state index is -4.18. The third-order valence-electron chi connectivity index (χ3n) is 22.3. The number of likely N-dealkylation sites (N-methyl/N-ethyl adjacent to an activating group) is 2. The molecule has 13 rings (SSSR count). The average Bonchev–Trinajstić information content (AvgIpc) is 1.68. The number of nitrogens with zero attached hydrogens (tertiary/aromatic N) is 12. The molecule has 3 atom stereocenters. The van der Waals surface area contributed by atoms with Crippen molar-refractivity contribution in [1.29, 1.82) is 0 Å². The molecule has 0 radical (unpaired) electrons. The van der Waals surface area contributed by atoms with Crippen LogP contribution in [0.2, 0.25) is 0 Å². The molecule has 0 bridgehead atoms. The van der Waals surface area contributed by atoms with Gasteiger partial charge < -0.3 is 62.8 Å². The van der Waals surface area contributed by atoms with Crippen LogP contribution in [0.4, 0.5) is 13.2 Å². The topological polar surface area (TPSA) is 286 Å². The Bertz CT molecular complexity index is 5210. The minimum Gasteiger partial charge on any atom is -0.870 e. The zero-order valence-corrected chi connectivity index (χ0v) is 78.3. The van der Waals surface area contributed by atoms with Crippen LogP contribution in [-0.4, -0.2) is 232 Å². The number of carboxylic acids is 1. The quantitative estimate of drug-likeness (QED) is 0.0269. The van der Waals surface area contributed by atoms with Gasteiger partial charge >= 0.3 is 60.8 Å². The van der Waals surface area contributed by atoms with Crippen molar-refractivity contribution in [1.82, 2.24) is 67.4 Å². The molecule has 121 heavy (non-hydrogen) atoms. The molecule has 6 N–H and O–H groups in total. The molecule has 650 valence electrons. The number of hydrogen-bond acceptors (Lipinski definition) is 20. The maximum absolute atomic E-state index is 13.2. The third kappa shape index (κ3) is 25.5. The first kappa shape index (κ1) is 100. The molecule has 10 aromatic heterocycles. The first-order valence-corrected chi connectivity index (χ1v) is 42.0. The average molecular weight is 1770 g/mol. The summed E-state index contributed by atoms with van der Waals surface area (Å²) in [7, 11) is 0.127. The molecule has 32 heteroatoms. The van der Waals surface area contributed by atoms with Crippen LogP contribution in [0, 0.1) is 69.2 Å². The van der Waals surface area contributed by atoms with Crippen molar-refractivity contribution in [2.45, 2.75) is 175 Å². The number of alkyl halides is 3. The Labute approximate surface area is 744 Å². The molecule has 10 aromatic rings. The maximum Gasteiger partial charge on any atom is 1.00 e. The van der Waals surface area contributed by atoms with Crippen molar-refractivity contribution >= 4 is 74.7 Å². The van der Waals surface area contributed by atoms with Gasteiger partial charge in [-0.15, -0.1) is 0 Å². The van der Waals surface area contributed by atoms with E-state index in [1.54, 1.807) is 25.1 Å². The fraction of sp³-hybridized carbons (Fsp3) is 0.472. The summed E-state index contributed by atoms with van der Waals surface area (Å²) in [5, 5.41) is 27.6. The molecule has 0 aromatic carbocycles. The van der Waals surface area contributed by atoms with Crippen molar-refractivity contribution in [3.63, 3.8) is 0 Å². The Balaban J connectivity index is 0.000000218. The number of hydrogen-bond donors (Lipinski definition) is 5. The van der Waals surface area contributed by atoms with Gasteiger partial charge in [0.2, 0.25) is 0 Å². The number of fused-ring (bicyclic) bond motifs is 3. The zero-order valence-electron chi connectivity index (χ0n) is 73.9. The number of carboxylic acid groups (broad SMARTS) is 1. The Morgan fingerprint density at radius 2 is 0.893 bits per heavy atom. The number of nitrogens with one attached hydrogen (secondary N) is 2. The molecular weight excluding hydrogens is 1650 g/mol. The number of piperazine rings is 3. The van der Waals surface area contributed by atoms with Gasteiger partial charge in [-0.05, 0) is 271 Å². The summed E-state index contributed by atoms with van der Waals surface area (Å²) < 4.78 is 61.6. The summed E-state index contributed by atoms with van der Waals surface area (Å²) in [6, 6.07) is 25.5. The van der Waals surface area contributed by atoms with Crippen LogP contribution in [0.5, 0.6) is 5.75 Å². The van der Waals surface area contributed by atoms with Crippen LogP contribution < -0.4 is 50.2 Å². The van der Waals surface area contributed by atoms with Crippen LogP contribution in [0.15, 0.2) is 107 Å². The number of ether oxygens (including phenoxy) is 3. The number of esters is 2. The molecule has 3 aliphatic heterocycles. The number of aromatic amines is 1. The van der Waals surface area contributed by atoms with Gasteiger partial charge in [-0.3, -0.25) is 39.3 Å². The van der Waals surface area contributed by atoms with Crippen molar-refractivity contribution in [2.75, 3.05) is 105 Å². The van der Waals surface area contributed by atoms with Crippen molar-refractivity contribution < 1.29 is 92.0 Å². The van der Waals surface area contributed by atoms with Gasteiger partial charge in [-0.25, -0.2) is 19.2 Å². The van der Waals surface area contributed by atoms with Gasteiger partial charge in [-0.1, -0.05) is 13.8 Å². The predicted molar refractivity (Wildman–Crippen MR) is 471 cm³/mol. The second kappa shape index (κ2) is 44.6. The summed E-state index contributed by atoms with van der Waals surface area (Å²) >= 11 is 8.86. The van der Waals surface area contributed by atoms with Crippen molar-refractivity contribution in [2.24, 2.45) is 0 Å². The Kier molecular flexibility index (Phi) is 37.0. The summed E-state index contributed by atoms with van der Waals surface area (Å²) in [5.41, 5.74) is 21.6. The summed E-state index contributed by atoms with van der Waals surface area (Å²) in [5.74, 6) is -0.956. The number of rotatable bonds is 20. The van der Waals surface area contributed by atoms with Gasteiger partial charge in [0.1, 0.15) is 5.75 Å². The standard InChI is InChI=1S/C28H38N4O2.C25H32N4O2.C21H27BrF3N3O2.C8H11ClN2O2.C7H10BNO2.Na.H2O/c1-8-30-11-13-31(14-12-30)22(7)27-21(6)25(28(33)34-18(2)3)17-26-24(9-10-32(26)27)23-15-19(4)29-20(5)16-23;1-6-27-9-11-28(12-10-27)19(5)24-18(4)22(25(30)31)15-23-21(7-8-29(23)24)20-13-16(2)26-17(3)14-20;1-13(2)30-20(29)16-11-18-17(22)5-6-28(18)19(14(16)3)15(4)27-9-7-26(8-10-27)12-21(23,24)25;1-5-3-7(13-2)6(4-10-9)8(12)11-5;1-5-3-7(8(10)11)4-6(2)9-5;;/h9-10,15-18,22H,8,11-14H2,1-7H3;7-8,13-15,19H,6,9-12H2,1-5H3,(H,30,31);5-6,11,13,15H,7-10,12H2,1-4H3;3,10H,4H2,1-2H3,(H,11,12);3-4,10-11H,1-2H3;;1H2/q;;;;;+1;/p-1. The number of carbonyl (C=O) groups excluding carboxylic acids is 2. The largest absolute Gasteiger partial charge is 1.00 e. The van der Waals surface area contributed by atoms with E-state index in [1.165, 1.54) is 12.0 Å². The molecule has 0 aliphatic carbocycles. The molecule has 3 saturated heterocycles. The van der Waals surface area contributed by atoms with Crippen LogP contribution >= 0.6 is 27.7 Å². The molecule has 3 unspecified atom stereocenters. The molecule has 0 amide bonds. The predicted octanol–water partition coefficient (Wildman–Crippen LogP) is 11.5. The fourth-order valence-electron chi connectivity index (χ4n) is 16.4. The molecule has 0 saturated carbocycles. The number of carbonyl (C=O) groups is 3. The van der Waals surface area contributed by atoms with Gasteiger partial charge in [0.15, 0.2) is 0 Å². The Morgan fingerprint density at radius 1 is 0.545 bits per heavy atom. The maximum atomic E-state index is 13.2. The number of methoxy groups -OCH3 is 1. The van der Waals surface area contributed by atoms with Gasteiger partial charge in [0.05, 0.1) is 64.7 Å². The number of H-pyrrole nitrogens is 1.